The van der Waals surface area contributed by atoms with E-state index in [2.05, 4.69) is 4.72 Å². The summed E-state index contributed by atoms with van der Waals surface area (Å²) in [6.45, 7) is 3.13. The van der Waals surface area contributed by atoms with E-state index in [0.29, 0.717) is 30.6 Å². The van der Waals surface area contributed by atoms with Gasteiger partial charge in [-0.05, 0) is 43.4 Å². The summed E-state index contributed by atoms with van der Waals surface area (Å²) in [4.78, 5) is 0.208. The van der Waals surface area contributed by atoms with Crippen LogP contribution in [0.2, 0.25) is 0 Å². The summed E-state index contributed by atoms with van der Waals surface area (Å²) in [6, 6.07) is 12.7. The predicted molar refractivity (Wildman–Crippen MR) is 99.0 cm³/mol. The van der Waals surface area contributed by atoms with Gasteiger partial charge in [0, 0.05) is 18.5 Å². The van der Waals surface area contributed by atoms with Crippen LogP contribution in [0.25, 0.3) is 0 Å². The van der Waals surface area contributed by atoms with Crippen molar-refractivity contribution in [2.75, 3.05) is 13.2 Å². The van der Waals surface area contributed by atoms with Crippen LogP contribution < -0.4 is 14.2 Å². The highest BCUT2D eigenvalue weighted by atomic mass is 32.2. The van der Waals surface area contributed by atoms with Gasteiger partial charge in [0.15, 0.2) is 11.5 Å². The van der Waals surface area contributed by atoms with Crippen molar-refractivity contribution in [2.45, 2.75) is 37.1 Å². The molecule has 0 amide bonds. The van der Waals surface area contributed by atoms with Gasteiger partial charge < -0.3 is 9.47 Å². The largest absolute Gasteiger partial charge is 0.490 e. The number of benzene rings is 2. The second-order valence-corrected chi connectivity index (χ2v) is 8.72. The summed E-state index contributed by atoms with van der Waals surface area (Å²) in [5, 5.41) is 0. The maximum atomic E-state index is 13.0. The molecule has 6 heteroatoms. The Morgan fingerprint density at radius 3 is 2.38 bits per heavy atom. The van der Waals surface area contributed by atoms with Gasteiger partial charge in [-0.3, -0.25) is 0 Å². The summed E-state index contributed by atoms with van der Waals surface area (Å²) in [7, 11) is -3.65. The first-order valence-corrected chi connectivity index (χ1v) is 10.5. The molecule has 26 heavy (non-hydrogen) atoms. The van der Waals surface area contributed by atoms with Gasteiger partial charge in [-0.15, -0.1) is 0 Å². The third kappa shape index (κ3) is 3.71. The lowest BCUT2D eigenvalue weighted by atomic mass is 10.0. The smallest absolute Gasteiger partial charge is 0.241 e. The van der Waals surface area contributed by atoms with Crippen molar-refractivity contribution in [3.8, 4) is 11.5 Å². The molecule has 0 bridgehead atoms. The van der Waals surface area contributed by atoms with E-state index in [1.165, 1.54) is 0 Å². The molecule has 1 unspecified atom stereocenters. The van der Waals surface area contributed by atoms with Crippen LogP contribution in [-0.4, -0.2) is 21.6 Å². The van der Waals surface area contributed by atoms with Crippen molar-refractivity contribution < 1.29 is 17.9 Å². The predicted octanol–water partition coefficient (Wildman–Crippen LogP) is 3.59. The SMILES string of the molecule is Cc1ccc(C(NS(=O)(=O)c2ccc3c(c2)OCCCO3)C2CC2)cc1. The first-order valence-electron chi connectivity index (χ1n) is 9.01. The first kappa shape index (κ1) is 17.4. The molecule has 0 radical (unpaired) electrons. The number of hydrogen-bond donors (Lipinski definition) is 1. The minimum absolute atomic E-state index is 0.198. The fourth-order valence-electron chi connectivity index (χ4n) is 3.19. The van der Waals surface area contributed by atoms with Crippen molar-refractivity contribution in [1.29, 1.82) is 0 Å². The highest BCUT2D eigenvalue weighted by Gasteiger charge is 2.35. The second kappa shape index (κ2) is 6.93. The molecule has 1 saturated carbocycles. The van der Waals surface area contributed by atoms with Gasteiger partial charge in [0.1, 0.15) is 0 Å². The monoisotopic (exact) mass is 373 g/mol. The molecule has 1 heterocycles. The van der Waals surface area contributed by atoms with E-state index in [1.807, 2.05) is 31.2 Å². The molecule has 5 nitrogen and oxygen atoms in total. The number of nitrogens with one attached hydrogen (secondary N) is 1. The lowest BCUT2D eigenvalue weighted by Gasteiger charge is -2.19. The Balaban J connectivity index is 1.61. The summed E-state index contributed by atoms with van der Waals surface area (Å²) >= 11 is 0. The molecule has 0 spiro atoms. The molecule has 1 aliphatic carbocycles. The maximum absolute atomic E-state index is 13.0. The Bertz CT molecular complexity index is 889. The van der Waals surface area contributed by atoms with Crippen molar-refractivity contribution in [2.24, 2.45) is 5.92 Å². The summed E-state index contributed by atoms with van der Waals surface area (Å²) < 4.78 is 40.1. The zero-order valence-electron chi connectivity index (χ0n) is 14.8. The van der Waals surface area contributed by atoms with E-state index in [0.717, 1.165) is 30.4 Å². The molecule has 1 N–H and O–H groups in total. The molecule has 1 atom stereocenters. The van der Waals surface area contributed by atoms with Crippen molar-refractivity contribution in [1.82, 2.24) is 4.72 Å². The maximum Gasteiger partial charge on any atom is 0.241 e. The van der Waals surface area contributed by atoms with Gasteiger partial charge in [0.05, 0.1) is 18.1 Å². The Kier molecular flexibility index (Phi) is 4.63. The molecule has 0 saturated heterocycles. The van der Waals surface area contributed by atoms with Gasteiger partial charge >= 0.3 is 0 Å². The van der Waals surface area contributed by atoms with E-state index >= 15 is 0 Å². The number of hydrogen-bond acceptors (Lipinski definition) is 4. The third-order valence-corrected chi connectivity index (χ3v) is 6.28. The molecule has 1 fully saturated rings. The van der Waals surface area contributed by atoms with Crippen LogP contribution in [0.5, 0.6) is 11.5 Å². The Hall–Kier alpha value is -2.05. The van der Waals surface area contributed by atoms with E-state index in [-0.39, 0.29) is 10.9 Å². The Morgan fingerprint density at radius 1 is 1.00 bits per heavy atom. The van der Waals surface area contributed by atoms with Crippen LogP contribution in [0, 0.1) is 12.8 Å². The molecule has 2 aromatic rings. The van der Waals surface area contributed by atoms with E-state index in [1.54, 1.807) is 18.2 Å². The average molecular weight is 373 g/mol. The van der Waals surface area contributed by atoms with Gasteiger partial charge in [0.25, 0.3) is 0 Å². The number of ether oxygens (including phenoxy) is 2. The molecular formula is C20H23NO4S. The quantitative estimate of drug-likeness (QED) is 0.870. The fourth-order valence-corrected chi connectivity index (χ4v) is 4.49. The van der Waals surface area contributed by atoms with Crippen LogP contribution >= 0.6 is 0 Å². The van der Waals surface area contributed by atoms with Crippen LogP contribution in [0.4, 0.5) is 0 Å². The highest BCUT2D eigenvalue weighted by Crippen LogP contribution is 2.42. The highest BCUT2D eigenvalue weighted by molar-refractivity contribution is 7.89. The Labute approximate surface area is 154 Å². The van der Waals surface area contributed by atoms with Crippen LogP contribution in [0.3, 0.4) is 0 Å². The fraction of sp³-hybridized carbons (Fsp3) is 0.400. The zero-order valence-corrected chi connectivity index (χ0v) is 15.6. The van der Waals surface area contributed by atoms with E-state index in [9.17, 15) is 8.42 Å². The van der Waals surface area contributed by atoms with Gasteiger partial charge in [-0.1, -0.05) is 29.8 Å². The summed E-state index contributed by atoms with van der Waals surface area (Å²) in [6.07, 6.45) is 2.87. The lowest BCUT2D eigenvalue weighted by Crippen LogP contribution is -2.30. The minimum atomic E-state index is -3.65. The van der Waals surface area contributed by atoms with Gasteiger partial charge in [-0.2, -0.15) is 0 Å². The number of aryl methyl sites for hydroxylation is 1. The van der Waals surface area contributed by atoms with Crippen molar-refractivity contribution in [3.05, 3.63) is 53.6 Å². The van der Waals surface area contributed by atoms with Crippen LogP contribution in [0.1, 0.15) is 36.4 Å². The van der Waals surface area contributed by atoms with Crippen molar-refractivity contribution >= 4 is 10.0 Å². The zero-order chi connectivity index (χ0) is 18.1. The molecule has 4 rings (SSSR count). The molecular weight excluding hydrogens is 350 g/mol. The van der Waals surface area contributed by atoms with Gasteiger partial charge in [0.2, 0.25) is 10.0 Å². The van der Waals surface area contributed by atoms with Crippen LogP contribution in [0.15, 0.2) is 47.4 Å². The summed E-state index contributed by atoms with van der Waals surface area (Å²) in [5.41, 5.74) is 2.17. The molecule has 138 valence electrons. The Morgan fingerprint density at radius 2 is 1.69 bits per heavy atom. The number of fused-ring (bicyclic) bond motifs is 1. The van der Waals surface area contributed by atoms with E-state index < -0.39 is 10.0 Å². The van der Waals surface area contributed by atoms with Gasteiger partial charge in [-0.25, -0.2) is 13.1 Å². The topological polar surface area (TPSA) is 64.6 Å². The lowest BCUT2D eigenvalue weighted by molar-refractivity contribution is 0.297. The van der Waals surface area contributed by atoms with Crippen LogP contribution in [-0.2, 0) is 10.0 Å². The molecule has 0 aromatic heterocycles. The minimum Gasteiger partial charge on any atom is -0.490 e. The molecule has 2 aromatic carbocycles. The normalized spacial score (nSPS) is 18.2. The third-order valence-electron chi connectivity index (χ3n) is 4.84. The second-order valence-electron chi connectivity index (χ2n) is 7.01. The average Bonchev–Trinajstić information content (AvgIpc) is 3.47. The molecule has 1 aliphatic heterocycles. The number of sulfonamides is 1. The standard InChI is InChI=1S/C20H23NO4S/c1-14-3-5-15(6-4-14)20(16-7-8-16)21-26(22,23)17-9-10-18-19(13-17)25-12-2-11-24-18/h3-6,9-10,13,16,20-21H,2,7-8,11-12H2,1H3. The number of rotatable bonds is 5. The van der Waals surface area contributed by atoms with E-state index in [4.69, 9.17) is 9.47 Å². The molecule has 2 aliphatic rings. The first-order chi connectivity index (χ1) is 12.5. The summed E-state index contributed by atoms with van der Waals surface area (Å²) in [5.74, 6) is 1.44. The van der Waals surface area contributed by atoms with Crippen molar-refractivity contribution in [3.63, 3.8) is 0 Å².